The summed E-state index contributed by atoms with van der Waals surface area (Å²) in [7, 11) is -0.518. The zero-order valence-corrected chi connectivity index (χ0v) is 16.2. The number of rotatable bonds is 3. The lowest BCUT2D eigenvalue weighted by molar-refractivity contribution is 0.00578. The maximum atomic E-state index is 12.9. The maximum Gasteiger partial charge on any atom is 0.507 e. The van der Waals surface area contributed by atoms with Gasteiger partial charge in [0, 0.05) is 11.3 Å². The van der Waals surface area contributed by atoms with E-state index in [-0.39, 0.29) is 12.6 Å². The standard InChI is InChI=1S/C18H20BNO5S/c1-10-15(19-24-17(2,3)18(4,5)25-19)26-16(20-10)14(21)11-6-7-12-13(8-11)23-9-22-12/h6-8H,9H2,1-5H3. The van der Waals surface area contributed by atoms with Crippen molar-refractivity contribution in [2.24, 2.45) is 0 Å². The lowest BCUT2D eigenvalue weighted by Gasteiger charge is -2.32. The summed E-state index contributed by atoms with van der Waals surface area (Å²) in [6.07, 6.45) is 0. The van der Waals surface area contributed by atoms with Crippen molar-refractivity contribution < 1.29 is 23.6 Å². The summed E-state index contributed by atoms with van der Waals surface area (Å²) in [5.74, 6) is 1.07. The van der Waals surface area contributed by atoms with Crippen LogP contribution in [-0.2, 0) is 9.31 Å². The molecule has 2 aliphatic heterocycles. The molecule has 0 atom stereocenters. The molecular formula is C18H20BNO5S. The summed E-state index contributed by atoms with van der Waals surface area (Å²) >= 11 is 1.31. The number of carbonyl (C=O) groups is 1. The second-order valence-corrected chi connectivity index (χ2v) is 8.48. The van der Waals surface area contributed by atoms with Gasteiger partial charge in [0.25, 0.3) is 0 Å². The van der Waals surface area contributed by atoms with Crippen molar-refractivity contribution in [1.82, 2.24) is 4.98 Å². The van der Waals surface area contributed by atoms with E-state index < -0.39 is 18.3 Å². The molecule has 4 rings (SSSR count). The van der Waals surface area contributed by atoms with Crippen LogP contribution in [0.15, 0.2) is 18.2 Å². The summed E-state index contributed by atoms with van der Waals surface area (Å²) in [5, 5.41) is 0.408. The van der Waals surface area contributed by atoms with Crippen molar-refractivity contribution in [2.75, 3.05) is 6.79 Å². The third-order valence-electron chi connectivity index (χ3n) is 5.13. The third-order valence-corrected chi connectivity index (χ3v) is 6.31. The fourth-order valence-electron chi connectivity index (χ4n) is 2.84. The van der Waals surface area contributed by atoms with Gasteiger partial charge in [-0.1, -0.05) is 0 Å². The summed E-state index contributed by atoms with van der Waals surface area (Å²) in [4.78, 5) is 17.3. The molecule has 2 aliphatic rings. The Balaban J connectivity index is 1.62. The van der Waals surface area contributed by atoms with Crippen LogP contribution >= 0.6 is 11.3 Å². The average molecular weight is 373 g/mol. The van der Waals surface area contributed by atoms with Gasteiger partial charge in [-0.25, -0.2) is 4.98 Å². The molecule has 0 spiro atoms. The number of ketones is 1. The second kappa shape index (κ2) is 5.80. The highest BCUT2D eigenvalue weighted by Gasteiger charge is 2.53. The van der Waals surface area contributed by atoms with Crippen LogP contribution in [0.5, 0.6) is 11.5 Å². The number of benzene rings is 1. The van der Waals surface area contributed by atoms with Gasteiger partial charge in [0.05, 0.1) is 16.0 Å². The van der Waals surface area contributed by atoms with Crippen molar-refractivity contribution in [3.8, 4) is 11.5 Å². The van der Waals surface area contributed by atoms with Crippen molar-refractivity contribution >= 4 is 29.0 Å². The van der Waals surface area contributed by atoms with Gasteiger partial charge in [0.1, 0.15) is 0 Å². The quantitative estimate of drug-likeness (QED) is 0.609. The van der Waals surface area contributed by atoms with Gasteiger partial charge in [-0.3, -0.25) is 4.79 Å². The summed E-state index contributed by atoms with van der Waals surface area (Å²) in [6.45, 7) is 10.1. The largest absolute Gasteiger partial charge is 0.507 e. The highest BCUT2D eigenvalue weighted by molar-refractivity contribution is 7.23. The summed E-state index contributed by atoms with van der Waals surface area (Å²) in [6, 6.07) is 5.15. The van der Waals surface area contributed by atoms with E-state index in [0.717, 1.165) is 10.5 Å². The summed E-state index contributed by atoms with van der Waals surface area (Å²) < 4.78 is 23.6. The number of carbonyl (C=O) groups excluding carboxylic acids is 1. The zero-order valence-electron chi connectivity index (χ0n) is 15.4. The number of hydrogen-bond donors (Lipinski definition) is 0. The van der Waals surface area contributed by atoms with Crippen molar-refractivity contribution in [1.29, 1.82) is 0 Å². The Kier molecular flexibility index (Phi) is 3.91. The highest BCUT2D eigenvalue weighted by atomic mass is 32.1. The Hall–Kier alpha value is -1.90. The van der Waals surface area contributed by atoms with Crippen molar-refractivity contribution in [2.45, 2.75) is 45.8 Å². The molecule has 0 amide bonds. The van der Waals surface area contributed by atoms with Crippen LogP contribution in [0.4, 0.5) is 0 Å². The minimum atomic E-state index is -0.518. The molecule has 136 valence electrons. The number of thiazole rings is 1. The molecule has 0 radical (unpaired) electrons. The van der Waals surface area contributed by atoms with Crippen LogP contribution in [0.25, 0.3) is 0 Å². The minimum absolute atomic E-state index is 0.154. The Labute approximate surface area is 156 Å². The van der Waals surface area contributed by atoms with Crippen LogP contribution in [0.1, 0.15) is 48.8 Å². The highest BCUT2D eigenvalue weighted by Crippen LogP contribution is 2.37. The summed E-state index contributed by atoms with van der Waals surface area (Å²) in [5.41, 5.74) is 0.395. The van der Waals surface area contributed by atoms with Crippen LogP contribution in [0.3, 0.4) is 0 Å². The first-order chi connectivity index (χ1) is 12.2. The molecule has 0 N–H and O–H groups in total. The molecule has 1 fully saturated rings. The SMILES string of the molecule is Cc1nc(C(=O)c2ccc3c(c2)OCO3)sc1B1OC(C)(C)C(C)(C)O1. The van der Waals surface area contributed by atoms with Gasteiger partial charge in [-0.05, 0) is 52.8 Å². The number of fused-ring (bicyclic) bond motifs is 1. The Bertz CT molecular complexity index is 876. The van der Waals surface area contributed by atoms with Gasteiger partial charge in [-0.15, -0.1) is 11.3 Å². The molecule has 2 aromatic rings. The molecule has 6 nitrogen and oxygen atoms in total. The number of nitrogens with zero attached hydrogens (tertiary/aromatic N) is 1. The van der Waals surface area contributed by atoms with Crippen LogP contribution in [0, 0.1) is 6.92 Å². The lowest BCUT2D eigenvalue weighted by atomic mass is 9.86. The van der Waals surface area contributed by atoms with E-state index in [1.54, 1.807) is 18.2 Å². The first-order valence-electron chi connectivity index (χ1n) is 8.45. The zero-order chi connectivity index (χ0) is 18.7. The average Bonchev–Trinajstić information content (AvgIpc) is 3.22. The molecular weight excluding hydrogens is 353 g/mol. The Morgan fingerprint density at radius 3 is 2.46 bits per heavy atom. The first-order valence-corrected chi connectivity index (χ1v) is 9.27. The van der Waals surface area contributed by atoms with E-state index in [0.29, 0.717) is 22.1 Å². The first kappa shape index (κ1) is 17.5. The lowest BCUT2D eigenvalue weighted by Crippen LogP contribution is -2.41. The second-order valence-electron chi connectivity index (χ2n) is 7.45. The van der Waals surface area contributed by atoms with Crippen molar-refractivity contribution in [3.05, 3.63) is 34.5 Å². The third kappa shape index (κ3) is 2.73. The molecule has 1 aromatic heterocycles. The van der Waals surface area contributed by atoms with Gasteiger partial charge >= 0.3 is 7.12 Å². The van der Waals surface area contributed by atoms with Gasteiger partial charge < -0.3 is 18.8 Å². The smallest absolute Gasteiger partial charge is 0.454 e. The van der Waals surface area contributed by atoms with E-state index in [2.05, 4.69) is 4.98 Å². The fourth-order valence-corrected chi connectivity index (χ4v) is 3.82. The van der Waals surface area contributed by atoms with Crippen molar-refractivity contribution in [3.63, 3.8) is 0 Å². The topological polar surface area (TPSA) is 66.9 Å². The van der Waals surface area contributed by atoms with Gasteiger partial charge in [0.15, 0.2) is 16.5 Å². The molecule has 0 unspecified atom stereocenters. The van der Waals surface area contributed by atoms with E-state index in [1.807, 2.05) is 34.6 Å². The number of ether oxygens (including phenoxy) is 2. The number of hydrogen-bond acceptors (Lipinski definition) is 7. The Morgan fingerprint density at radius 2 is 1.77 bits per heavy atom. The molecule has 0 saturated carbocycles. The van der Waals surface area contributed by atoms with Crippen LogP contribution in [0.2, 0.25) is 0 Å². The minimum Gasteiger partial charge on any atom is -0.454 e. The van der Waals surface area contributed by atoms with E-state index in [9.17, 15) is 4.79 Å². The van der Waals surface area contributed by atoms with Gasteiger partial charge in [0.2, 0.25) is 12.6 Å². The number of aryl methyl sites for hydroxylation is 1. The Morgan fingerprint density at radius 1 is 1.12 bits per heavy atom. The molecule has 3 heterocycles. The predicted octanol–water partition coefficient (Wildman–Crippen LogP) is 2.71. The predicted molar refractivity (Wildman–Crippen MR) is 98.6 cm³/mol. The maximum absolute atomic E-state index is 12.9. The molecule has 0 bridgehead atoms. The van der Waals surface area contributed by atoms with Gasteiger partial charge in [-0.2, -0.15) is 0 Å². The van der Waals surface area contributed by atoms with E-state index in [4.69, 9.17) is 18.8 Å². The molecule has 0 aliphatic carbocycles. The van der Waals surface area contributed by atoms with Crippen LogP contribution in [-0.4, -0.2) is 35.9 Å². The molecule has 1 aromatic carbocycles. The fraction of sp³-hybridized carbons (Fsp3) is 0.444. The number of aromatic nitrogens is 1. The molecule has 26 heavy (non-hydrogen) atoms. The van der Waals surface area contributed by atoms with Crippen LogP contribution < -0.4 is 14.3 Å². The molecule has 8 heteroatoms. The monoisotopic (exact) mass is 373 g/mol. The van der Waals surface area contributed by atoms with E-state index in [1.165, 1.54) is 11.3 Å². The van der Waals surface area contributed by atoms with E-state index >= 15 is 0 Å². The normalized spacial score (nSPS) is 19.8. The molecule has 1 saturated heterocycles.